The lowest BCUT2D eigenvalue weighted by atomic mass is 10.1. The van der Waals surface area contributed by atoms with E-state index in [2.05, 4.69) is 5.32 Å². The molecule has 0 spiro atoms. The molecule has 1 aromatic carbocycles. The number of ether oxygens (including phenoxy) is 1. The zero-order chi connectivity index (χ0) is 21.8. The third-order valence-electron chi connectivity index (χ3n) is 5.07. The first-order valence-corrected chi connectivity index (χ1v) is 10.7. The fourth-order valence-electron chi connectivity index (χ4n) is 3.79. The molecule has 30 heavy (non-hydrogen) atoms. The van der Waals surface area contributed by atoms with Gasteiger partial charge in [-0.25, -0.2) is 8.42 Å². The van der Waals surface area contributed by atoms with E-state index >= 15 is 0 Å². The van der Waals surface area contributed by atoms with Crippen LogP contribution in [0, 0.1) is 0 Å². The van der Waals surface area contributed by atoms with E-state index in [1.807, 2.05) is 13.8 Å². The number of nitrogen functional groups attached to an aromatic ring is 1. The van der Waals surface area contributed by atoms with Crippen molar-refractivity contribution in [3.63, 3.8) is 0 Å². The highest BCUT2D eigenvalue weighted by Gasteiger charge is 2.33. The van der Waals surface area contributed by atoms with Crippen LogP contribution in [0.2, 0.25) is 0 Å². The van der Waals surface area contributed by atoms with Crippen molar-refractivity contribution >= 4 is 27.7 Å². The normalized spacial score (nSPS) is 22.1. The topological polar surface area (TPSA) is 141 Å². The summed E-state index contributed by atoms with van der Waals surface area (Å²) in [4.78, 5) is 36.3. The first-order valence-electron chi connectivity index (χ1n) is 9.27. The third kappa shape index (κ3) is 3.20. The number of hydrogen-bond donors (Lipinski definition) is 2. The predicted molar refractivity (Wildman–Crippen MR) is 107 cm³/mol. The molecule has 3 heterocycles. The molecule has 2 amide bonds. The Kier molecular flexibility index (Phi) is 4.76. The summed E-state index contributed by atoms with van der Waals surface area (Å²) in [6.07, 6.45) is -0.442. The maximum absolute atomic E-state index is 13.0. The molecule has 2 aliphatic heterocycles. The standard InChI is InChI=1S/C19H20N4O6S/c1-10-8-22(9-11(2)29-10)30(27,28)13-5-3-12(4-6-13)23-15(24)7-14-16(17(23)20)19(26)21-18(14)25/h3-7,10-11H,8-9,20H2,1-2H3,(H,21,25,26). The molecule has 1 saturated heterocycles. The number of imide groups is 1. The van der Waals surface area contributed by atoms with Gasteiger partial charge in [-0.1, -0.05) is 0 Å². The average molecular weight is 432 g/mol. The van der Waals surface area contributed by atoms with Gasteiger partial charge in [0.25, 0.3) is 17.4 Å². The Morgan fingerprint density at radius 1 is 1.03 bits per heavy atom. The second-order valence-corrected chi connectivity index (χ2v) is 9.29. The van der Waals surface area contributed by atoms with E-state index in [9.17, 15) is 22.8 Å². The van der Waals surface area contributed by atoms with Crippen molar-refractivity contribution in [2.45, 2.75) is 31.0 Å². The molecule has 2 atom stereocenters. The quantitative estimate of drug-likeness (QED) is 0.656. The Labute approximate surface area is 172 Å². The molecule has 1 aromatic heterocycles. The lowest BCUT2D eigenvalue weighted by Gasteiger charge is -2.34. The number of amides is 2. The summed E-state index contributed by atoms with van der Waals surface area (Å²) in [5, 5.41) is 2.10. The van der Waals surface area contributed by atoms with Gasteiger partial charge in [-0.2, -0.15) is 4.31 Å². The number of rotatable bonds is 3. The van der Waals surface area contributed by atoms with Gasteiger partial charge in [0, 0.05) is 19.2 Å². The van der Waals surface area contributed by atoms with Crippen molar-refractivity contribution < 1.29 is 22.7 Å². The van der Waals surface area contributed by atoms with Crippen molar-refractivity contribution in [1.29, 1.82) is 0 Å². The SMILES string of the molecule is CC1CN(S(=O)(=O)c2ccc(-n3c(N)c4c(cc3=O)C(=O)NC4=O)cc2)CC(C)O1. The molecule has 3 N–H and O–H groups in total. The van der Waals surface area contributed by atoms with E-state index in [0.29, 0.717) is 0 Å². The molecule has 0 saturated carbocycles. The molecular formula is C19H20N4O6S. The van der Waals surface area contributed by atoms with Gasteiger partial charge in [0.15, 0.2) is 0 Å². The maximum Gasteiger partial charge on any atom is 0.262 e. The van der Waals surface area contributed by atoms with Crippen LogP contribution in [-0.4, -0.2) is 54.4 Å². The van der Waals surface area contributed by atoms with E-state index < -0.39 is 27.4 Å². The van der Waals surface area contributed by atoms with Gasteiger partial charge in [0.1, 0.15) is 5.82 Å². The lowest BCUT2D eigenvalue weighted by molar-refractivity contribution is -0.0440. The Bertz CT molecular complexity index is 1210. The molecule has 2 aromatic rings. The van der Waals surface area contributed by atoms with Crippen molar-refractivity contribution in [2.75, 3.05) is 18.8 Å². The summed E-state index contributed by atoms with van der Waals surface area (Å²) >= 11 is 0. The second kappa shape index (κ2) is 7.04. The molecule has 0 bridgehead atoms. The smallest absolute Gasteiger partial charge is 0.262 e. The number of anilines is 1. The molecule has 4 rings (SSSR count). The van der Waals surface area contributed by atoms with Gasteiger partial charge in [-0.3, -0.25) is 24.3 Å². The number of nitrogens with two attached hydrogens (primary N) is 1. The van der Waals surface area contributed by atoms with E-state index in [1.165, 1.54) is 28.6 Å². The first kappa shape index (κ1) is 20.3. The highest BCUT2D eigenvalue weighted by atomic mass is 32.2. The second-order valence-electron chi connectivity index (χ2n) is 7.35. The monoisotopic (exact) mass is 432 g/mol. The van der Waals surface area contributed by atoms with Crippen LogP contribution in [0.1, 0.15) is 34.6 Å². The number of carbonyl (C=O) groups is 2. The number of hydrogen-bond acceptors (Lipinski definition) is 7. The predicted octanol–water partition coefficient (Wildman–Crippen LogP) is 0.101. The summed E-state index contributed by atoms with van der Waals surface area (Å²) in [5.41, 5.74) is 5.51. The molecule has 2 unspecified atom stereocenters. The summed E-state index contributed by atoms with van der Waals surface area (Å²) in [6.45, 7) is 4.11. The fourth-order valence-corrected chi connectivity index (χ4v) is 5.38. The summed E-state index contributed by atoms with van der Waals surface area (Å²) in [6, 6.07) is 6.64. The van der Waals surface area contributed by atoms with Crippen molar-refractivity contribution in [1.82, 2.24) is 14.2 Å². The Morgan fingerprint density at radius 2 is 1.63 bits per heavy atom. The van der Waals surface area contributed by atoms with E-state index in [1.54, 1.807) is 0 Å². The van der Waals surface area contributed by atoms with Crippen LogP contribution in [0.5, 0.6) is 0 Å². The highest BCUT2D eigenvalue weighted by Crippen LogP contribution is 2.25. The number of nitrogens with zero attached hydrogens (tertiary/aromatic N) is 2. The molecule has 11 heteroatoms. The molecular weight excluding hydrogens is 412 g/mol. The van der Waals surface area contributed by atoms with Gasteiger partial charge >= 0.3 is 0 Å². The van der Waals surface area contributed by atoms with Gasteiger partial charge in [0.2, 0.25) is 10.0 Å². The summed E-state index contributed by atoms with van der Waals surface area (Å²) in [5.74, 6) is -1.55. The molecule has 2 aliphatic rings. The van der Waals surface area contributed by atoms with Crippen LogP contribution in [-0.2, 0) is 14.8 Å². The summed E-state index contributed by atoms with van der Waals surface area (Å²) < 4.78 is 34.0. The number of fused-ring (bicyclic) bond motifs is 1. The van der Waals surface area contributed by atoms with Gasteiger partial charge in [0.05, 0.1) is 33.9 Å². The number of carbonyl (C=O) groups excluding carboxylic acids is 2. The Morgan fingerprint density at radius 3 is 2.23 bits per heavy atom. The number of benzene rings is 1. The van der Waals surface area contributed by atoms with Crippen LogP contribution >= 0.6 is 0 Å². The number of aromatic nitrogens is 1. The van der Waals surface area contributed by atoms with Crippen molar-refractivity contribution in [2.24, 2.45) is 0 Å². The zero-order valence-corrected chi connectivity index (χ0v) is 17.1. The van der Waals surface area contributed by atoms with Gasteiger partial charge in [-0.05, 0) is 38.1 Å². The maximum atomic E-state index is 13.0. The third-order valence-corrected chi connectivity index (χ3v) is 6.92. The number of pyridine rings is 1. The average Bonchev–Trinajstić information content (AvgIpc) is 2.95. The Balaban J connectivity index is 1.72. The highest BCUT2D eigenvalue weighted by molar-refractivity contribution is 7.89. The molecule has 0 aliphatic carbocycles. The summed E-state index contributed by atoms with van der Waals surface area (Å²) in [7, 11) is -3.75. The van der Waals surface area contributed by atoms with E-state index in [0.717, 1.165) is 10.6 Å². The van der Waals surface area contributed by atoms with Crippen LogP contribution in [0.4, 0.5) is 5.82 Å². The Hall–Kier alpha value is -3.02. The van der Waals surface area contributed by atoms with Crippen molar-refractivity contribution in [3.05, 3.63) is 51.8 Å². The van der Waals surface area contributed by atoms with Crippen LogP contribution in [0.15, 0.2) is 40.0 Å². The largest absolute Gasteiger partial charge is 0.384 e. The lowest BCUT2D eigenvalue weighted by Crippen LogP contribution is -2.48. The molecule has 158 valence electrons. The van der Waals surface area contributed by atoms with Crippen LogP contribution in [0.25, 0.3) is 5.69 Å². The van der Waals surface area contributed by atoms with Crippen LogP contribution in [0.3, 0.4) is 0 Å². The number of nitrogens with one attached hydrogen (secondary N) is 1. The van der Waals surface area contributed by atoms with Crippen LogP contribution < -0.4 is 16.6 Å². The minimum Gasteiger partial charge on any atom is -0.384 e. The zero-order valence-electron chi connectivity index (χ0n) is 16.3. The van der Waals surface area contributed by atoms with E-state index in [4.69, 9.17) is 10.5 Å². The van der Waals surface area contributed by atoms with Crippen molar-refractivity contribution in [3.8, 4) is 5.69 Å². The fraction of sp³-hybridized carbons (Fsp3) is 0.316. The minimum atomic E-state index is -3.75. The molecule has 1 fully saturated rings. The minimum absolute atomic E-state index is 0.0632. The number of morpholine rings is 1. The van der Waals surface area contributed by atoms with Gasteiger partial charge < -0.3 is 10.5 Å². The molecule has 10 nitrogen and oxygen atoms in total. The van der Waals surface area contributed by atoms with Gasteiger partial charge in [-0.15, -0.1) is 0 Å². The first-order chi connectivity index (χ1) is 14.1. The number of sulfonamides is 1. The van der Waals surface area contributed by atoms with E-state index in [-0.39, 0.29) is 52.8 Å². The molecule has 0 radical (unpaired) electrons.